The van der Waals surface area contributed by atoms with Gasteiger partial charge < -0.3 is 5.11 Å². The van der Waals surface area contributed by atoms with Crippen molar-refractivity contribution in [2.24, 2.45) is 0 Å². The molecule has 0 spiro atoms. The number of aromatic nitrogens is 3. The van der Waals surface area contributed by atoms with Crippen molar-refractivity contribution in [3.05, 3.63) is 41.2 Å². The van der Waals surface area contributed by atoms with Crippen LogP contribution in [-0.2, 0) is 16.4 Å². The van der Waals surface area contributed by atoms with Gasteiger partial charge in [-0.15, -0.1) is 5.10 Å². The molecule has 0 aliphatic rings. The zero-order valence-corrected chi connectivity index (χ0v) is 11.7. The maximum Gasteiger partial charge on any atom is 0.358 e. The first kappa shape index (κ1) is 14.5. The van der Waals surface area contributed by atoms with Gasteiger partial charge in [0.15, 0.2) is 15.5 Å². The first-order chi connectivity index (χ1) is 9.38. The molecule has 106 valence electrons. The lowest BCUT2D eigenvalue weighted by Crippen LogP contribution is -2.13. The molecule has 20 heavy (non-hydrogen) atoms. The number of carbonyl (C=O) groups is 1. The minimum atomic E-state index is -3.48. The lowest BCUT2D eigenvalue weighted by Gasteiger charge is -2.04. The Morgan fingerprint density at radius 2 is 1.95 bits per heavy atom. The van der Waals surface area contributed by atoms with E-state index < -0.39 is 15.8 Å². The molecule has 1 N–H and O–H groups in total. The predicted molar refractivity (Wildman–Crippen MR) is 70.5 cm³/mol. The van der Waals surface area contributed by atoms with Crippen molar-refractivity contribution in [1.82, 2.24) is 15.0 Å². The summed E-state index contributed by atoms with van der Waals surface area (Å²) in [4.78, 5) is 10.8. The number of hydrogen-bond acceptors (Lipinski definition) is 5. The summed E-state index contributed by atoms with van der Waals surface area (Å²) in [5.74, 6) is -1.42. The van der Waals surface area contributed by atoms with E-state index in [1.165, 1.54) is 35.1 Å². The van der Waals surface area contributed by atoms with E-state index in [9.17, 15) is 13.2 Å². The van der Waals surface area contributed by atoms with Crippen LogP contribution in [-0.4, -0.2) is 40.2 Å². The van der Waals surface area contributed by atoms with Crippen LogP contribution in [0.15, 0.2) is 35.4 Å². The topological polar surface area (TPSA) is 102 Å². The number of carboxylic acids is 1. The Hall–Kier alpha value is -1.93. The van der Waals surface area contributed by atoms with Gasteiger partial charge in [0.1, 0.15) is 0 Å². The summed E-state index contributed by atoms with van der Waals surface area (Å²) in [5.41, 5.74) is -0.228. The lowest BCUT2D eigenvalue weighted by atomic mass is 10.4. The van der Waals surface area contributed by atoms with Crippen LogP contribution >= 0.6 is 11.6 Å². The van der Waals surface area contributed by atoms with E-state index in [-0.39, 0.29) is 22.9 Å². The van der Waals surface area contributed by atoms with Crippen LogP contribution in [0, 0.1) is 0 Å². The molecule has 0 bridgehead atoms. The zero-order chi connectivity index (χ0) is 14.8. The van der Waals surface area contributed by atoms with Crippen LogP contribution in [0.4, 0.5) is 0 Å². The molecule has 1 heterocycles. The zero-order valence-electron chi connectivity index (χ0n) is 10.1. The minimum absolute atomic E-state index is 0.0191. The SMILES string of the molecule is O=C(O)c1cn(CCS(=O)(=O)c2ccc(Cl)cc2)nn1. The Balaban J connectivity index is 2.08. The Morgan fingerprint density at radius 1 is 1.30 bits per heavy atom. The van der Waals surface area contributed by atoms with Gasteiger partial charge in [0.2, 0.25) is 0 Å². The first-order valence-corrected chi connectivity index (χ1v) is 7.53. The molecule has 0 radical (unpaired) electrons. The van der Waals surface area contributed by atoms with Crippen molar-refractivity contribution in [2.45, 2.75) is 11.4 Å². The van der Waals surface area contributed by atoms with Crippen molar-refractivity contribution in [2.75, 3.05) is 5.75 Å². The van der Waals surface area contributed by atoms with E-state index in [1.54, 1.807) is 0 Å². The second-order valence-corrected chi connectivity index (χ2v) is 6.49. The average Bonchev–Trinajstić information content (AvgIpc) is 2.86. The number of benzene rings is 1. The largest absolute Gasteiger partial charge is 0.476 e. The smallest absolute Gasteiger partial charge is 0.358 e. The number of halogens is 1. The summed E-state index contributed by atoms with van der Waals surface area (Å²) >= 11 is 5.69. The molecule has 0 atom stereocenters. The molecule has 1 aromatic carbocycles. The molecule has 0 saturated carbocycles. The fraction of sp³-hybridized carbons (Fsp3) is 0.182. The number of carboxylic acid groups (broad SMARTS) is 1. The van der Waals surface area contributed by atoms with Gasteiger partial charge in [0.25, 0.3) is 0 Å². The monoisotopic (exact) mass is 315 g/mol. The van der Waals surface area contributed by atoms with Crippen LogP contribution in [0.3, 0.4) is 0 Å². The molecule has 9 heteroatoms. The highest BCUT2D eigenvalue weighted by Gasteiger charge is 2.15. The molecule has 7 nitrogen and oxygen atoms in total. The number of hydrogen-bond donors (Lipinski definition) is 1. The molecule has 0 aliphatic carbocycles. The summed E-state index contributed by atoms with van der Waals surface area (Å²) in [7, 11) is -3.48. The van der Waals surface area contributed by atoms with Gasteiger partial charge in [-0.1, -0.05) is 16.8 Å². The van der Waals surface area contributed by atoms with E-state index in [2.05, 4.69) is 10.3 Å². The van der Waals surface area contributed by atoms with Crippen molar-refractivity contribution in [3.8, 4) is 0 Å². The summed E-state index contributed by atoms with van der Waals surface area (Å²) < 4.78 is 25.3. The average molecular weight is 316 g/mol. The minimum Gasteiger partial charge on any atom is -0.476 e. The molecular formula is C11H10ClN3O4S. The van der Waals surface area contributed by atoms with E-state index in [1.807, 2.05) is 0 Å². The van der Waals surface area contributed by atoms with E-state index >= 15 is 0 Å². The van der Waals surface area contributed by atoms with Crippen LogP contribution in [0.1, 0.15) is 10.5 Å². The van der Waals surface area contributed by atoms with Gasteiger partial charge in [-0.25, -0.2) is 13.2 Å². The summed E-state index contributed by atoms with van der Waals surface area (Å²) in [6.07, 6.45) is 1.18. The highest BCUT2D eigenvalue weighted by atomic mass is 35.5. The molecule has 1 aromatic heterocycles. The number of nitrogens with zero attached hydrogens (tertiary/aromatic N) is 3. The molecular weight excluding hydrogens is 306 g/mol. The Kier molecular flexibility index (Phi) is 4.05. The Bertz CT molecular complexity index is 724. The maximum atomic E-state index is 12.0. The van der Waals surface area contributed by atoms with Gasteiger partial charge in [0, 0.05) is 5.02 Å². The van der Waals surface area contributed by atoms with E-state index in [4.69, 9.17) is 16.7 Å². The van der Waals surface area contributed by atoms with Crippen molar-refractivity contribution >= 4 is 27.4 Å². The quantitative estimate of drug-likeness (QED) is 0.886. The van der Waals surface area contributed by atoms with Gasteiger partial charge in [-0.2, -0.15) is 0 Å². The molecule has 2 aromatic rings. The van der Waals surface area contributed by atoms with Crippen LogP contribution in [0.25, 0.3) is 0 Å². The van der Waals surface area contributed by atoms with Crippen LogP contribution in [0.5, 0.6) is 0 Å². The van der Waals surface area contributed by atoms with Gasteiger partial charge >= 0.3 is 5.97 Å². The highest BCUT2D eigenvalue weighted by molar-refractivity contribution is 7.91. The standard InChI is InChI=1S/C11H10ClN3O4S/c12-8-1-3-9(4-2-8)20(18,19)6-5-15-7-10(11(16)17)13-14-15/h1-4,7H,5-6H2,(H,16,17). The van der Waals surface area contributed by atoms with Gasteiger partial charge in [-0.3, -0.25) is 4.68 Å². The summed E-state index contributed by atoms with van der Waals surface area (Å²) in [5, 5.41) is 16.1. The molecule has 0 fully saturated rings. The number of aromatic carboxylic acids is 1. The van der Waals surface area contributed by atoms with Crippen LogP contribution < -0.4 is 0 Å². The summed E-state index contributed by atoms with van der Waals surface area (Å²) in [6.45, 7) is 0.0191. The second kappa shape index (κ2) is 5.59. The number of sulfone groups is 1. The molecule has 0 saturated heterocycles. The maximum absolute atomic E-state index is 12.0. The fourth-order valence-electron chi connectivity index (χ4n) is 1.48. The third kappa shape index (κ3) is 3.34. The summed E-state index contributed by atoms with van der Waals surface area (Å²) in [6, 6.07) is 5.82. The third-order valence-corrected chi connectivity index (χ3v) is 4.48. The van der Waals surface area contributed by atoms with Crippen LogP contribution in [0.2, 0.25) is 5.02 Å². The third-order valence-electron chi connectivity index (χ3n) is 2.52. The second-order valence-electron chi connectivity index (χ2n) is 3.94. The van der Waals surface area contributed by atoms with Gasteiger partial charge in [-0.05, 0) is 24.3 Å². The molecule has 0 aliphatic heterocycles. The predicted octanol–water partition coefficient (Wildman–Crippen LogP) is 1.10. The van der Waals surface area contributed by atoms with E-state index in [0.29, 0.717) is 5.02 Å². The van der Waals surface area contributed by atoms with E-state index in [0.717, 1.165) is 0 Å². The van der Waals surface area contributed by atoms with Crippen molar-refractivity contribution in [1.29, 1.82) is 0 Å². The number of rotatable bonds is 5. The Labute approximate surface area is 119 Å². The fourth-order valence-corrected chi connectivity index (χ4v) is 2.82. The molecule has 0 unspecified atom stereocenters. The normalized spacial score (nSPS) is 11.4. The van der Waals surface area contributed by atoms with Crippen molar-refractivity contribution < 1.29 is 18.3 Å². The number of aryl methyl sites for hydroxylation is 1. The first-order valence-electron chi connectivity index (χ1n) is 5.50. The lowest BCUT2D eigenvalue weighted by molar-refractivity contribution is 0.0690. The molecule has 0 amide bonds. The van der Waals surface area contributed by atoms with Gasteiger partial charge in [0.05, 0.1) is 23.4 Å². The highest BCUT2D eigenvalue weighted by Crippen LogP contribution is 2.15. The molecule has 2 rings (SSSR count). The van der Waals surface area contributed by atoms with Crippen molar-refractivity contribution in [3.63, 3.8) is 0 Å². The Morgan fingerprint density at radius 3 is 2.50 bits per heavy atom.